The van der Waals surface area contributed by atoms with Gasteiger partial charge in [0.1, 0.15) is 268 Å². The first-order valence-corrected chi connectivity index (χ1v) is 42.7. The van der Waals surface area contributed by atoms with Gasteiger partial charge in [0.25, 0.3) is 0 Å². The Kier molecular flexibility index (Phi) is 39.7. The van der Waals surface area contributed by atoms with Gasteiger partial charge in [-0.15, -0.1) is 0 Å². The first kappa shape index (κ1) is 110. The molecule has 0 saturated carbocycles. The minimum absolute atomic E-state index is 0.814. The molecule has 11 saturated heterocycles. The van der Waals surface area contributed by atoms with E-state index in [1.54, 1.807) is 0 Å². The average Bonchev–Trinajstić information content (AvgIpc) is 0.753. The Morgan fingerprint density at radius 1 is 0.194 bits per heavy atom. The molecule has 0 bridgehead atoms. The zero-order chi connectivity index (χ0) is 98.5. The summed E-state index contributed by atoms with van der Waals surface area (Å²) in [4.78, 5) is 51.6. The van der Waals surface area contributed by atoms with E-state index in [2.05, 4.69) is 21.3 Å². The number of rotatable bonds is 35. The fraction of sp³-hybridized carbons (Fsp3) is 0.946. The van der Waals surface area contributed by atoms with E-state index in [9.17, 15) is 177 Å². The van der Waals surface area contributed by atoms with E-state index in [1.807, 2.05) is 0 Å². The lowest BCUT2D eigenvalue weighted by Gasteiger charge is -2.51. The van der Waals surface area contributed by atoms with Gasteiger partial charge in [0.15, 0.2) is 69.2 Å². The van der Waals surface area contributed by atoms with Crippen molar-refractivity contribution in [3.05, 3.63) is 0 Å². The maximum atomic E-state index is 13.2. The summed E-state index contributed by atoms with van der Waals surface area (Å²) >= 11 is 0. The normalized spacial score (nSPS) is 49.8. The summed E-state index contributed by atoms with van der Waals surface area (Å²) in [7, 11) is 0. The molecule has 134 heavy (non-hydrogen) atoms. The lowest BCUT2D eigenvalue weighted by atomic mass is 9.93. The fourth-order valence-electron chi connectivity index (χ4n) is 17.4. The van der Waals surface area contributed by atoms with Crippen molar-refractivity contribution in [2.75, 3.05) is 72.7 Å². The minimum atomic E-state index is -2.65. The topological polar surface area (TPSA) is 937 Å². The van der Waals surface area contributed by atoms with Crippen molar-refractivity contribution in [1.29, 1.82) is 0 Å². The van der Waals surface area contributed by atoms with E-state index in [0.717, 1.165) is 27.7 Å². The first-order chi connectivity index (χ1) is 63.5. The molecule has 60 heteroatoms. The smallest absolute Gasteiger partial charge is 0.217 e. The minimum Gasteiger partial charge on any atom is -0.394 e. The molecule has 776 valence electrons. The van der Waals surface area contributed by atoms with Gasteiger partial charge in [-0.3, -0.25) is 19.2 Å². The summed E-state index contributed by atoms with van der Waals surface area (Å²) in [5.74, 6) is -3.82. The van der Waals surface area contributed by atoms with Crippen LogP contribution in [-0.4, -0.2) is 592 Å². The van der Waals surface area contributed by atoms with Gasteiger partial charge in [-0.05, 0) is 0 Å². The van der Waals surface area contributed by atoms with E-state index in [1.165, 1.54) is 0 Å². The van der Waals surface area contributed by atoms with Gasteiger partial charge in [-0.2, -0.15) is 0 Å². The van der Waals surface area contributed by atoms with E-state index in [0.29, 0.717) is 0 Å². The van der Waals surface area contributed by atoms with Crippen molar-refractivity contribution in [3.8, 4) is 0 Å². The maximum Gasteiger partial charge on any atom is 0.217 e. The van der Waals surface area contributed by atoms with Crippen LogP contribution in [0.5, 0.6) is 0 Å². The van der Waals surface area contributed by atoms with Gasteiger partial charge in [0.05, 0.1) is 72.7 Å². The van der Waals surface area contributed by atoms with E-state index >= 15 is 0 Å². The van der Waals surface area contributed by atoms with Gasteiger partial charge in [0.2, 0.25) is 23.6 Å². The van der Waals surface area contributed by atoms with Gasteiger partial charge in [0, 0.05) is 27.7 Å². The molecule has 11 rings (SSSR count). The third kappa shape index (κ3) is 24.0. The molecule has 0 unspecified atom stereocenters. The lowest BCUT2D eigenvalue weighted by Crippen LogP contribution is -2.71. The number of nitrogens with one attached hydrogen (secondary N) is 4. The van der Waals surface area contributed by atoms with E-state index in [-0.39, 0.29) is 0 Å². The second kappa shape index (κ2) is 48.3. The molecule has 0 aromatic heterocycles. The highest BCUT2D eigenvalue weighted by Crippen LogP contribution is 2.42. The van der Waals surface area contributed by atoms with Crippen LogP contribution in [0.1, 0.15) is 27.7 Å². The third-order valence-electron chi connectivity index (χ3n) is 24.6. The molecule has 0 radical (unpaired) electrons. The number of aliphatic hydroxyl groups excluding tert-OH is 31. The van der Waals surface area contributed by atoms with Crippen molar-refractivity contribution in [3.63, 3.8) is 0 Å². The second-order valence-corrected chi connectivity index (χ2v) is 33.8. The summed E-state index contributed by atoms with van der Waals surface area (Å²) in [6.45, 7) is -8.80. The Labute approximate surface area is 757 Å². The molecule has 11 aliphatic heterocycles. The quantitative estimate of drug-likeness (QED) is 0.0280. The number of carbonyl (C=O) groups excluding carboxylic acids is 4. The molecule has 0 spiro atoms. The van der Waals surface area contributed by atoms with E-state index in [4.69, 9.17) is 99.5 Å². The van der Waals surface area contributed by atoms with Crippen LogP contribution >= 0.6 is 0 Å². The molecule has 11 aliphatic rings. The second-order valence-electron chi connectivity index (χ2n) is 33.8. The molecule has 0 aromatic rings. The Balaban J connectivity index is 0.885. The molecule has 11 fully saturated rings. The van der Waals surface area contributed by atoms with Crippen molar-refractivity contribution < 1.29 is 277 Å². The van der Waals surface area contributed by atoms with Crippen LogP contribution in [-0.2, 0) is 119 Å². The highest BCUT2D eigenvalue weighted by Gasteiger charge is 2.63. The van der Waals surface area contributed by atoms with Gasteiger partial charge >= 0.3 is 0 Å². The summed E-state index contributed by atoms with van der Waals surface area (Å²) in [6.07, 6.45) is -108. The van der Waals surface area contributed by atoms with Crippen LogP contribution < -0.4 is 21.3 Å². The summed E-state index contributed by atoms with van der Waals surface area (Å²) in [5, 5.41) is 355. The number of hydrogen-bond acceptors (Lipinski definition) is 56. The van der Waals surface area contributed by atoms with Crippen molar-refractivity contribution in [1.82, 2.24) is 21.3 Å². The Hall–Kier alpha value is -4.20. The van der Waals surface area contributed by atoms with Crippen molar-refractivity contribution >= 4 is 23.6 Å². The number of hydrogen-bond donors (Lipinski definition) is 35. The molecular weight excluding hydrogens is 1840 g/mol. The SMILES string of the molecule is CC(=O)N[C@@H]1[C@@H](O)[C@H](O[C@@H]2O[C@H](CO)[C@@H](O[C@@H]3O[C@H](CO[C@H]4O[C@H](CO)[C@@H](O)[C@H](O)[C@@H]4O[C@@H]4O[C@H](CO)[C@@H](O[C@@H]5O[C@H](CO)[C@H](O[C@@H]6O[C@H](CO)[C@H](O)[C@H](O)[C@H]6O)[C@H](O)[C@H]5O)[C@H](O)[C@H]4NC(C)=O)[C@@H](O)[C@H](O[C@H]4O[C@H](CO)[C@@H](O)[C@H](O)[C@@H]4O[C@@H]4O[C@H](CO)[C@@H](O[C@@H]5O[C@H](CO)[C@H](O[C@@H]6O[C@H](CO)[C@H](O)[C@H](O)[C@H]6O)[C@H](O)[C@H]5O)[C@H](O)[C@H]4NC(C)=O)[C@@H]3O)[C@H](O)[C@H]2NC(C)=O)[C@@H](CO)O[C@H]1O. The molecular formula is C74H124N4O56. The lowest BCUT2D eigenvalue weighted by molar-refractivity contribution is -0.400. The van der Waals surface area contributed by atoms with Crippen LogP contribution in [0.25, 0.3) is 0 Å². The Morgan fingerprint density at radius 3 is 0.724 bits per heavy atom. The van der Waals surface area contributed by atoms with Crippen molar-refractivity contribution in [2.24, 2.45) is 0 Å². The molecule has 55 atom stereocenters. The van der Waals surface area contributed by atoms with E-state index < -0.39 is 434 Å². The fourth-order valence-corrected chi connectivity index (χ4v) is 17.4. The highest BCUT2D eigenvalue weighted by atomic mass is 16.8. The Morgan fingerprint density at radius 2 is 0.403 bits per heavy atom. The monoisotopic (exact) mass is 1960 g/mol. The number of amides is 4. The van der Waals surface area contributed by atoms with Crippen LogP contribution in [0.15, 0.2) is 0 Å². The summed E-state index contributed by atoms with van der Waals surface area (Å²) in [5.41, 5.74) is 0. The van der Waals surface area contributed by atoms with Crippen LogP contribution in [0.4, 0.5) is 0 Å². The Bertz CT molecular complexity index is 3650. The molecule has 11 heterocycles. The molecule has 35 N–H and O–H groups in total. The predicted molar refractivity (Wildman–Crippen MR) is 409 cm³/mol. The molecule has 4 amide bonds. The number of ether oxygens (including phenoxy) is 21. The average molecular weight is 1970 g/mol. The largest absolute Gasteiger partial charge is 0.394 e. The van der Waals surface area contributed by atoms with Crippen LogP contribution in [0.3, 0.4) is 0 Å². The molecule has 0 aromatic carbocycles. The van der Waals surface area contributed by atoms with Crippen molar-refractivity contribution in [2.45, 2.75) is 365 Å². The van der Waals surface area contributed by atoms with Gasteiger partial charge in [-0.1, -0.05) is 0 Å². The first-order valence-electron chi connectivity index (χ1n) is 42.7. The zero-order valence-corrected chi connectivity index (χ0v) is 71.6. The van der Waals surface area contributed by atoms with Gasteiger partial charge < -0.3 is 279 Å². The van der Waals surface area contributed by atoms with Gasteiger partial charge in [-0.25, -0.2) is 0 Å². The highest BCUT2D eigenvalue weighted by molar-refractivity contribution is 5.74. The standard InChI is InChI=1S/C74H124N4O56/c1-16(89)75-31-40(98)55(24(9-83)115-64(31)113)126-65-32(76-17(2)90)41(99)58(27(12-86)120-65)129-72-54(112)61(132-74-63(47(105)38(96)23(8-82)119-74)134-67-34(78-19(4)92)43(101)57(26(11-85)122-67)128-71-53(111)49(107)60(29(14-88)124-71)131-69-51(109)45(103)36(94)21(6-80)117-69)39(97)30(125-72)15-114-73-62(46(104)37(95)22(7-81)118-73)133-66-33(77-18(3)91)42(100)56(25(10-84)121-66)127-70-52(110)48(106)59(28(13-87)123-70)130-68-50(108)44(102)35(93)20(5-79)116-68/h20-74,79-88,93-113H,5-15H2,1-4H3,(H,75,89)(H,76,90)(H,77,91)(H,78,92)/t20-,21-,22-,23-,24-,25-,26-,27-,28-,29-,30-,31-,32-,33-,34-,35+,36+,37-,38-,39-,40-,41-,42-,43-,44+,45+,46+,47+,48-,49-,50-,51-,52-,53-,54+,55-,56-,57-,58-,59+,60+,61+,62+,63+,64-,65+,66+,67+,68+,69+,70+,71+,72+,73+,74-/m1/s1. The third-order valence-corrected chi connectivity index (χ3v) is 24.6. The number of aliphatic hydroxyl groups is 31. The number of carbonyl (C=O) groups is 4. The summed E-state index contributed by atoms with van der Waals surface area (Å²) < 4.78 is 124. The summed E-state index contributed by atoms with van der Waals surface area (Å²) in [6, 6.07) is -7.75. The zero-order valence-electron chi connectivity index (χ0n) is 71.6. The molecule has 60 nitrogen and oxygen atoms in total. The van der Waals surface area contributed by atoms with Crippen LogP contribution in [0.2, 0.25) is 0 Å². The maximum absolute atomic E-state index is 13.2. The predicted octanol–water partition coefficient (Wildman–Crippen LogP) is -24.4. The molecule has 0 aliphatic carbocycles. The van der Waals surface area contributed by atoms with Crippen LogP contribution in [0, 0.1) is 0 Å².